The van der Waals surface area contributed by atoms with Crippen LogP contribution in [0.1, 0.15) is 12.8 Å². The van der Waals surface area contributed by atoms with E-state index in [1.54, 1.807) is 5.57 Å². The topological polar surface area (TPSA) is 12.0 Å². The summed E-state index contributed by atoms with van der Waals surface area (Å²) in [6, 6.07) is 0. The van der Waals surface area contributed by atoms with E-state index in [0.717, 1.165) is 5.92 Å². The zero-order valence-electron chi connectivity index (χ0n) is 6.14. The molecule has 1 aliphatic heterocycles. The summed E-state index contributed by atoms with van der Waals surface area (Å²) in [5, 5.41) is 3.43. The average Bonchev–Trinajstić information content (AvgIpc) is 2.12. The Balaban J connectivity index is 2.17. The summed E-state index contributed by atoms with van der Waals surface area (Å²) in [7, 11) is 0. The highest BCUT2D eigenvalue weighted by Gasteiger charge is 2.13. The van der Waals surface area contributed by atoms with Crippen LogP contribution in [-0.4, -0.2) is 13.1 Å². The van der Waals surface area contributed by atoms with Gasteiger partial charge >= 0.3 is 0 Å². The van der Waals surface area contributed by atoms with Crippen molar-refractivity contribution in [2.24, 2.45) is 5.92 Å². The second kappa shape index (κ2) is 2.59. The maximum Gasteiger partial charge on any atom is 0.00175 e. The molecule has 0 amide bonds. The number of hydrogen-bond donors (Lipinski definition) is 1. The summed E-state index contributed by atoms with van der Waals surface area (Å²) in [6.45, 7) is 2.35. The molecule has 0 radical (unpaired) electrons. The Morgan fingerprint density at radius 3 is 3.50 bits per heavy atom. The molecule has 1 unspecified atom stereocenters. The van der Waals surface area contributed by atoms with Crippen molar-refractivity contribution in [2.45, 2.75) is 12.8 Å². The minimum atomic E-state index is 0.780. The van der Waals surface area contributed by atoms with Gasteiger partial charge in [-0.1, -0.05) is 23.8 Å². The first-order valence-corrected chi connectivity index (χ1v) is 4.02. The van der Waals surface area contributed by atoms with Gasteiger partial charge in [0, 0.05) is 6.54 Å². The molecule has 2 bridgehead atoms. The van der Waals surface area contributed by atoms with Crippen LogP contribution in [0.3, 0.4) is 0 Å². The van der Waals surface area contributed by atoms with Crippen molar-refractivity contribution in [3.05, 3.63) is 23.8 Å². The van der Waals surface area contributed by atoms with E-state index in [9.17, 15) is 0 Å². The smallest absolute Gasteiger partial charge is 0.00175 e. The normalized spacial score (nSPS) is 31.2. The van der Waals surface area contributed by atoms with E-state index in [1.165, 1.54) is 25.9 Å². The summed E-state index contributed by atoms with van der Waals surface area (Å²) in [4.78, 5) is 0. The van der Waals surface area contributed by atoms with E-state index in [0.29, 0.717) is 0 Å². The molecule has 1 nitrogen and oxygen atoms in total. The molecule has 10 heavy (non-hydrogen) atoms. The van der Waals surface area contributed by atoms with Crippen molar-refractivity contribution >= 4 is 0 Å². The first-order valence-electron chi connectivity index (χ1n) is 4.02. The molecule has 0 saturated carbocycles. The molecule has 2 rings (SSSR count). The third kappa shape index (κ3) is 1.14. The largest absolute Gasteiger partial charge is 0.316 e. The van der Waals surface area contributed by atoms with Gasteiger partial charge in [-0.3, -0.25) is 0 Å². The van der Waals surface area contributed by atoms with Crippen LogP contribution < -0.4 is 5.32 Å². The van der Waals surface area contributed by atoms with Crippen LogP contribution in [0.15, 0.2) is 23.8 Å². The van der Waals surface area contributed by atoms with Gasteiger partial charge in [-0.2, -0.15) is 0 Å². The van der Waals surface area contributed by atoms with Gasteiger partial charge in [-0.25, -0.2) is 0 Å². The van der Waals surface area contributed by atoms with Gasteiger partial charge in [0.2, 0.25) is 0 Å². The predicted octanol–water partition coefficient (Wildman–Crippen LogP) is 1.48. The number of rotatable bonds is 0. The van der Waals surface area contributed by atoms with E-state index in [2.05, 4.69) is 23.5 Å². The van der Waals surface area contributed by atoms with Crippen molar-refractivity contribution in [1.82, 2.24) is 5.32 Å². The van der Waals surface area contributed by atoms with Gasteiger partial charge in [0.1, 0.15) is 0 Å². The minimum absolute atomic E-state index is 0.780. The van der Waals surface area contributed by atoms with Gasteiger partial charge in [0.05, 0.1) is 0 Å². The van der Waals surface area contributed by atoms with Crippen molar-refractivity contribution in [3.63, 3.8) is 0 Å². The van der Waals surface area contributed by atoms with Crippen LogP contribution in [-0.2, 0) is 0 Å². The van der Waals surface area contributed by atoms with Gasteiger partial charge in [0.15, 0.2) is 0 Å². The fraction of sp³-hybridized carbons (Fsp3) is 0.556. The highest BCUT2D eigenvalue weighted by molar-refractivity contribution is 5.21. The lowest BCUT2D eigenvalue weighted by Gasteiger charge is -2.12. The maximum atomic E-state index is 3.43. The number of allylic oxidation sites excluding steroid dienone is 2. The standard InChI is InChI=1S/C9H13N/c1-2-8-4-5-10-7-9(3-1)6-8/h1-3,9-10H,4-7H2. The summed E-state index contributed by atoms with van der Waals surface area (Å²) in [5.41, 5.74) is 1.62. The lowest BCUT2D eigenvalue weighted by molar-refractivity contribution is 0.598. The highest BCUT2D eigenvalue weighted by atomic mass is 14.9. The summed E-state index contributed by atoms with van der Waals surface area (Å²) >= 11 is 0. The van der Waals surface area contributed by atoms with Crippen LogP contribution in [0.5, 0.6) is 0 Å². The van der Waals surface area contributed by atoms with Gasteiger partial charge < -0.3 is 5.32 Å². The Labute approximate surface area is 61.8 Å². The molecule has 1 atom stereocenters. The van der Waals surface area contributed by atoms with Gasteiger partial charge in [-0.05, 0) is 25.3 Å². The van der Waals surface area contributed by atoms with E-state index >= 15 is 0 Å². The summed E-state index contributed by atoms with van der Waals surface area (Å²) in [6.07, 6.45) is 9.33. The minimum Gasteiger partial charge on any atom is -0.316 e. The summed E-state index contributed by atoms with van der Waals surface area (Å²) < 4.78 is 0. The van der Waals surface area contributed by atoms with Crippen molar-refractivity contribution in [2.75, 3.05) is 13.1 Å². The lowest BCUT2D eigenvalue weighted by Crippen LogP contribution is -2.19. The number of nitrogens with one attached hydrogen (secondary N) is 1. The molecule has 1 fully saturated rings. The molecule has 0 spiro atoms. The van der Waals surface area contributed by atoms with Crippen molar-refractivity contribution < 1.29 is 0 Å². The average molecular weight is 135 g/mol. The van der Waals surface area contributed by atoms with E-state index in [-0.39, 0.29) is 0 Å². The second-order valence-corrected chi connectivity index (χ2v) is 3.13. The molecular weight excluding hydrogens is 122 g/mol. The third-order valence-electron chi connectivity index (χ3n) is 2.27. The second-order valence-electron chi connectivity index (χ2n) is 3.13. The molecule has 1 aliphatic carbocycles. The molecule has 0 aromatic heterocycles. The molecule has 2 aliphatic rings. The Bertz CT molecular complexity index is 179. The van der Waals surface area contributed by atoms with E-state index in [4.69, 9.17) is 0 Å². The Morgan fingerprint density at radius 2 is 2.50 bits per heavy atom. The first kappa shape index (κ1) is 6.17. The van der Waals surface area contributed by atoms with Crippen LogP contribution >= 0.6 is 0 Å². The zero-order valence-corrected chi connectivity index (χ0v) is 6.14. The molecule has 1 saturated heterocycles. The molecule has 1 N–H and O–H groups in total. The van der Waals surface area contributed by atoms with E-state index < -0.39 is 0 Å². The van der Waals surface area contributed by atoms with Crippen LogP contribution in [0.2, 0.25) is 0 Å². The third-order valence-corrected chi connectivity index (χ3v) is 2.27. The van der Waals surface area contributed by atoms with Gasteiger partial charge in [0.25, 0.3) is 0 Å². The molecule has 1 heteroatoms. The van der Waals surface area contributed by atoms with Crippen LogP contribution in [0, 0.1) is 5.92 Å². The van der Waals surface area contributed by atoms with Crippen LogP contribution in [0.4, 0.5) is 0 Å². The highest BCUT2D eigenvalue weighted by Crippen LogP contribution is 2.22. The number of fused-ring (bicyclic) bond motifs is 2. The van der Waals surface area contributed by atoms with Crippen molar-refractivity contribution in [3.8, 4) is 0 Å². The lowest BCUT2D eigenvalue weighted by atomic mass is 9.94. The van der Waals surface area contributed by atoms with Crippen LogP contribution in [0.25, 0.3) is 0 Å². The van der Waals surface area contributed by atoms with Crippen molar-refractivity contribution in [1.29, 1.82) is 0 Å². The fourth-order valence-electron chi connectivity index (χ4n) is 1.68. The molecular formula is C9H13N. The Hall–Kier alpha value is -0.560. The molecule has 54 valence electrons. The SMILES string of the molecule is C1=CC2CNCCC(=C1)C2. The predicted molar refractivity (Wildman–Crippen MR) is 42.8 cm³/mol. The number of hydrogen-bond acceptors (Lipinski definition) is 1. The monoisotopic (exact) mass is 135 g/mol. The Morgan fingerprint density at radius 1 is 1.50 bits per heavy atom. The maximum absolute atomic E-state index is 3.43. The fourth-order valence-corrected chi connectivity index (χ4v) is 1.68. The molecule has 0 aromatic rings. The summed E-state index contributed by atoms with van der Waals surface area (Å²) in [5.74, 6) is 0.780. The van der Waals surface area contributed by atoms with Gasteiger partial charge in [-0.15, -0.1) is 0 Å². The van der Waals surface area contributed by atoms with E-state index in [1.807, 2.05) is 0 Å². The zero-order chi connectivity index (χ0) is 6.81. The quantitative estimate of drug-likeness (QED) is 0.530. The first-order chi connectivity index (χ1) is 4.95. The Kier molecular flexibility index (Phi) is 1.60. The molecule has 0 aromatic carbocycles. The molecule has 1 heterocycles.